The lowest BCUT2D eigenvalue weighted by molar-refractivity contribution is 0.252. The molecular formula is C22H17Br2Cl2N3O2. The molecular weight excluding hydrogens is 569 g/mol. The van der Waals surface area contributed by atoms with Crippen LogP contribution in [0.25, 0.3) is 0 Å². The number of halogens is 4. The van der Waals surface area contributed by atoms with Crippen molar-refractivity contribution in [1.82, 2.24) is 5.43 Å². The molecule has 0 spiro atoms. The second kappa shape index (κ2) is 11.0. The first-order chi connectivity index (χ1) is 14.8. The van der Waals surface area contributed by atoms with E-state index in [9.17, 15) is 4.79 Å². The van der Waals surface area contributed by atoms with Crippen molar-refractivity contribution < 1.29 is 9.53 Å². The largest absolute Gasteiger partial charge is 0.486 e. The van der Waals surface area contributed by atoms with Crippen LogP contribution in [-0.2, 0) is 6.61 Å². The summed E-state index contributed by atoms with van der Waals surface area (Å²) < 4.78 is 7.34. The smallest absolute Gasteiger partial charge is 0.339 e. The average molecular weight is 586 g/mol. The summed E-state index contributed by atoms with van der Waals surface area (Å²) >= 11 is 19.1. The van der Waals surface area contributed by atoms with Gasteiger partial charge in [0.1, 0.15) is 12.4 Å². The van der Waals surface area contributed by atoms with Crippen molar-refractivity contribution in [2.45, 2.75) is 13.5 Å². The van der Waals surface area contributed by atoms with E-state index >= 15 is 0 Å². The maximum Gasteiger partial charge on any atom is 0.339 e. The number of carbonyl (C=O) groups excluding carboxylic acids is 1. The molecule has 0 radical (unpaired) electrons. The fourth-order valence-corrected chi connectivity index (χ4v) is 4.52. The fourth-order valence-electron chi connectivity index (χ4n) is 2.61. The van der Waals surface area contributed by atoms with Crippen molar-refractivity contribution in [2.24, 2.45) is 5.10 Å². The lowest BCUT2D eigenvalue weighted by Gasteiger charge is -2.12. The molecule has 0 aliphatic heterocycles. The number of amides is 2. The number of nitrogens with one attached hydrogen (secondary N) is 2. The highest BCUT2D eigenvalue weighted by molar-refractivity contribution is 9.11. The van der Waals surface area contributed by atoms with Gasteiger partial charge in [-0.2, -0.15) is 5.10 Å². The first-order valence-corrected chi connectivity index (χ1v) is 11.4. The van der Waals surface area contributed by atoms with Crippen LogP contribution >= 0.6 is 55.1 Å². The number of rotatable bonds is 6. The Hall–Kier alpha value is -2.06. The third-order valence-corrected chi connectivity index (χ3v) is 5.95. The maximum absolute atomic E-state index is 12.0. The third kappa shape index (κ3) is 6.71. The van der Waals surface area contributed by atoms with Gasteiger partial charge in [-0.15, -0.1) is 0 Å². The molecule has 0 aliphatic carbocycles. The van der Waals surface area contributed by atoms with Crippen molar-refractivity contribution >= 4 is 73.0 Å². The summed E-state index contributed by atoms with van der Waals surface area (Å²) in [5.41, 5.74) is 5.71. The lowest BCUT2D eigenvalue weighted by Crippen LogP contribution is -2.24. The molecule has 160 valence electrons. The molecule has 31 heavy (non-hydrogen) atoms. The zero-order chi connectivity index (χ0) is 22.4. The molecule has 0 fully saturated rings. The summed E-state index contributed by atoms with van der Waals surface area (Å²) in [6, 6.07) is 16.0. The number of hydrogen-bond donors (Lipinski definition) is 2. The molecule has 0 aromatic heterocycles. The number of nitrogens with zero attached hydrogens (tertiary/aromatic N) is 1. The van der Waals surface area contributed by atoms with E-state index in [2.05, 4.69) is 47.7 Å². The number of hydrogen-bond acceptors (Lipinski definition) is 3. The standard InChI is InChI=1S/C22H17Br2Cl2N3O2/c1-13-4-2-3-5-20(13)28-22(30)29-27-11-14-8-17(23)21(18(24)9-14)31-12-15-6-7-16(25)10-19(15)26/h2-11H,12H2,1H3,(H2,28,29,30). The Morgan fingerprint density at radius 3 is 2.48 bits per heavy atom. The van der Waals surface area contributed by atoms with Gasteiger partial charge in [-0.1, -0.05) is 47.5 Å². The van der Waals surface area contributed by atoms with Crippen molar-refractivity contribution in [1.29, 1.82) is 0 Å². The first-order valence-electron chi connectivity index (χ1n) is 9.05. The number of carbonyl (C=O) groups is 1. The summed E-state index contributed by atoms with van der Waals surface area (Å²) in [7, 11) is 0. The number of aryl methyl sites for hydroxylation is 1. The maximum atomic E-state index is 12.0. The van der Waals surface area contributed by atoms with E-state index in [1.165, 1.54) is 6.21 Å². The molecule has 0 bridgehead atoms. The zero-order valence-electron chi connectivity index (χ0n) is 16.3. The normalized spacial score (nSPS) is 10.9. The Labute approximate surface area is 207 Å². The second-order valence-electron chi connectivity index (χ2n) is 6.48. The average Bonchev–Trinajstić information content (AvgIpc) is 2.70. The molecule has 5 nitrogen and oxygen atoms in total. The van der Waals surface area contributed by atoms with Crippen molar-refractivity contribution in [3.63, 3.8) is 0 Å². The lowest BCUT2D eigenvalue weighted by atomic mass is 10.2. The monoisotopic (exact) mass is 583 g/mol. The molecule has 0 saturated heterocycles. The molecule has 0 unspecified atom stereocenters. The van der Waals surface area contributed by atoms with Gasteiger partial charge in [0.05, 0.1) is 15.2 Å². The Morgan fingerprint density at radius 2 is 1.81 bits per heavy atom. The second-order valence-corrected chi connectivity index (χ2v) is 9.03. The van der Waals surface area contributed by atoms with Crippen LogP contribution in [0.2, 0.25) is 10.0 Å². The van der Waals surface area contributed by atoms with E-state index in [1.807, 2.05) is 49.4 Å². The molecule has 0 atom stereocenters. The van der Waals surface area contributed by atoms with Gasteiger partial charge in [-0.05, 0) is 80.2 Å². The molecule has 3 aromatic carbocycles. The summed E-state index contributed by atoms with van der Waals surface area (Å²) in [4.78, 5) is 12.0. The van der Waals surface area contributed by atoms with Gasteiger partial charge in [0, 0.05) is 21.3 Å². The van der Waals surface area contributed by atoms with Crippen LogP contribution in [0.1, 0.15) is 16.7 Å². The van der Waals surface area contributed by atoms with Gasteiger partial charge in [0.15, 0.2) is 0 Å². The quantitative estimate of drug-likeness (QED) is 0.232. The van der Waals surface area contributed by atoms with E-state index < -0.39 is 6.03 Å². The Kier molecular flexibility index (Phi) is 8.37. The number of benzene rings is 3. The number of hydrazone groups is 1. The number of para-hydroxylation sites is 1. The zero-order valence-corrected chi connectivity index (χ0v) is 20.9. The number of urea groups is 1. The van der Waals surface area contributed by atoms with E-state index in [-0.39, 0.29) is 6.61 Å². The number of ether oxygens (including phenoxy) is 1. The van der Waals surface area contributed by atoms with Gasteiger partial charge in [-0.25, -0.2) is 10.2 Å². The van der Waals surface area contributed by atoms with E-state index in [1.54, 1.807) is 12.1 Å². The molecule has 3 aromatic rings. The van der Waals surface area contributed by atoms with Crippen molar-refractivity contribution in [2.75, 3.05) is 5.32 Å². The Morgan fingerprint density at radius 1 is 1.10 bits per heavy atom. The molecule has 2 N–H and O–H groups in total. The van der Waals surface area contributed by atoms with E-state index in [0.29, 0.717) is 15.8 Å². The molecule has 0 aliphatic rings. The predicted molar refractivity (Wildman–Crippen MR) is 134 cm³/mol. The topological polar surface area (TPSA) is 62.7 Å². The Balaban J connectivity index is 1.61. The minimum absolute atomic E-state index is 0.279. The minimum atomic E-state index is -0.427. The highest BCUT2D eigenvalue weighted by Gasteiger charge is 2.10. The highest BCUT2D eigenvalue weighted by atomic mass is 79.9. The fraction of sp³-hybridized carbons (Fsp3) is 0.0909. The highest BCUT2D eigenvalue weighted by Crippen LogP contribution is 2.35. The van der Waals surface area contributed by atoms with Crippen LogP contribution in [0.5, 0.6) is 5.75 Å². The minimum Gasteiger partial charge on any atom is -0.486 e. The first kappa shape index (κ1) is 23.6. The summed E-state index contributed by atoms with van der Waals surface area (Å²) in [5.74, 6) is 0.619. The van der Waals surface area contributed by atoms with Crippen LogP contribution in [-0.4, -0.2) is 12.2 Å². The molecule has 2 amide bonds. The van der Waals surface area contributed by atoms with Crippen LogP contribution in [0, 0.1) is 6.92 Å². The third-order valence-electron chi connectivity index (χ3n) is 4.18. The summed E-state index contributed by atoms with van der Waals surface area (Å²) in [6.07, 6.45) is 1.53. The molecule has 0 heterocycles. The van der Waals surface area contributed by atoms with Gasteiger partial charge in [0.2, 0.25) is 0 Å². The van der Waals surface area contributed by atoms with Gasteiger partial charge >= 0.3 is 6.03 Å². The van der Waals surface area contributed by atoms with E-state index in [0.717, 1.165) is 31.3 Å². The van der Waals surface area contributed by atoms with Crippen LogP contribution < -0.4 is 15.5 Å². The molecule has 0 saturated carbocycles. The van der Waals surface area contributed by atoms with Gasteiger partial charge in [-0.3, -0.25) is 0 Å². The molecule has 3 rings (SSSR count). The predicted octanol–water partition coefficient (Wildman–Crippen LogP) is 7.56. The van der Waals surface area contributed by atoms with Crippen LogP contribution in [0.3, 0.4) is 0 Å². The molecule has 9 heteroatoms. The summed E-state index contributed by atoms with van der Waals surface area (Å²) in [5, 5.41) is 7.85. The van der Waals surface area contributed by atoms with Gasteiger partial charge < -0.3 is 10.1 Å². The summed E-state index contributed by atoms with van der Waals surface area (Å²) in [6.45, 7) is 2.19. The van der Waals surface area contributed by atoms with Crippen molar-refractivity contribution in [3.05, 3.63) is 90.3 Å². The van der Waals surface area contributed by atoms with Crippen LogP contribution in [0.15, 0.2) is 68.6 Å². The number of anilines is 1. The van der Waals surface area contributed by atoms with E-state index in [4.69, 9.17) is 27.9 Å². The van der Waals surface area contributed by atoms with Gasteiger partial charge in [0.25, 0.3) is 0 Å². The van der Waals surface area contributed by atoms with Crippen molar-refractivity contribution in [3.8, 4) is 5.75 Å². The SMILES string of the molecule is Cc1ccccc1NC(=O)NN=Cc1cc(Br)c(OCc2ccc(Cl)cc2Cl)c(Br)c1. The Bertz CT molecular complexity index is 1120. The van der Waals surface area contributed by atoms with Crippen LogP contribution in [0.4, 0.5) is 10.5 Å².